The first-order chi connectivity index (χ1) is 36.3. The Labute approximate surface area is 457 Å². The van der Waals surface area contributed by atoms with Crippen LogP contribution in [-0.4, -0.2) is 87.5 Å². The van der Waals surface area contributed by atoms with Gasteiger partial charge in [-0.25, -0.2) is 0 Å². The van der Waals surface area contributed by atoms with Crippen LogP contribution in [0.5, 0.6) is 0 Å². The molecule has 1 heterocycles. The zero-order chi connectivity index (χ0) is 53.6. The summed E-state index contributed by atoms with van der Waals surface area (Å²) in [6.07, 6.45) is 65.6. The molecule has 1 amide bonds. The molecule has 74 heavy (non-hydrogen) atoms. The molecule has 0 aliphatic carbocycles. The third-order valence-electron chi connectivity index (χ3n) is 15.4. The molecule has 6 N–H and O–H groups in total. The second kappa shape index (κ2) is 54.8. The molecule has 9 heteroatoms. The van der Waals surface area contributed by atoms with Gasteiger partial charge in [0, 0.05) is 6.42 Å². The Morgan fingerprint density at radius 3 is 1.14 bits per heavy atom. The van der Waals surface area contributed by atoms with Crippen LogP contribution < -0.4 is 5.32 Å². The highest BCUT2D eigenvalue weighted by Gasteiger charge is 2.44. The van der Waals surface area contributed by atoms with E-state index in [0.717, 1.165) is 51.4 Å². The van der Waals surface area contributed by atoms with Gasteiger partial charge in [0.1, 0.15) is 24.4 Å². The molecule has 0 aromatic carbocycles. The summed E-state index contributed by atoms with van der Waals surface area (Å²) in [6.45, 7) is 3.75. The molecule has 1 saturated heterocycles. The molecule has 0 radical (unpaired) electrons. The van der Waals surface area contributed by atoms with Gasteiger partial charge in [0.2, 0.25) is 5.91 Å². The average molecular weight is 1050 g/mol. The summed E-state index contributed by atoms with van der Waals surface area (Å²) in [7, 11) is 0. The van der Waals surface area contributed by atoms with Gasteiger partial charge in [-0.15, -0.1) is 0 Å². The fourth-order valence-corrected chi connectivity index (χ4v) is 10.4. The minimum absolute atomic E-state index is 0.186. The van der Waals surface area contributed by atoms with Crippen molar-refractivity contribution in [3.8, 4) is 0 Å². The third kappa shape index (κ3) is 43.4. The second-order valence-electron chi connectivity index (χ2n) is 22.5. The van der Waals surface area contributed by atoms with E-state index in [1.807, 2.05) is 6.08 Å². The van der Waals surface area contributed by atoms with E-state index >= 15 is 0 Å². The van der Waals surface area contributed by atoms with Crippen molar-refractivity contribution in [3.05, 3.63) is 36.5 Å². The second-order valence-corrected chi connectivity index (χ2v) is 22.5. The third-order valence-corrected chi connectivity index (χ3v) is 15.4. The molecule has 0 bridgehead atoms. The number of ether oxygens (including phenoxy) is 2. The fourth-order valence-electron chi connectivity index (χ4n) is 10.4. The standard InChI is InChI=1S/C65H123NO8/c1-3-5-7-9-11-13-15-17-18-19-20-21-22-23-24-25-26-27-28-29-30-31-32-33-34-35-36-37-38-39-40-41-43-45-47-49-51-53-55-61(69)66-58(57-73-65-64(72)63(71)62(70)60(56-67)74-65)59(68)54-52-50-48-46-44-42-16-14-12-10-8-6-4-2/h12,14,44,46,52,54,58-60,62-65,67-68,70-72H,3-11,13,15-43,45,47-51,53,55-57H2,1-2H3,(H,66,69)/b14-12+,46-44+,54-52+. The molecule has 0 spiro atoms. The van der Waals surface area contributed by atoms with Crippen LogP contribution >= 0.6 is 0 Å². The molecule has 0 aromatic rings. The number of amides is 1. The van der Waals surface area contributed by atoms with Crippen molar-refractivity contribution in [2.24, 2.45) is 0 Å². The number of rotatable bonds is 56. The highest BCUT2D eigenvalue weighted by atomic mass is 16.7. The number of carbonyl (C=O) groups excluding carboxylic acids is 1. The number of aliphatic hydroxyl groups is 5. The largest absolute Gasteiger partial charge is 0.394 e. The lowest BCUT2D eigenvalue weighted by atomic mass is 9.99. The minimum Gasteiger partial charge on any atom is -0.394 e. The lowest BCUT2D eigenvalue weighted by Gasteiger charge is -2.40. The van der Waals surface area contributed by atoms with Gasteiger partial charge in [0.15, 0.2) is 6.29 Å². The molecule has 0 saturated carbocycles. The summed E-state index contributed by atoms with van der Waals surface area (Å²) < 4.78 is 11.2. The molecule has 436 valence electrons. The molecular weight excluding hydrogens is 923 g/mol. The smallest absolute Gasteiger partial charge is 0.220 e. The summed E-state index contributed by atoms with van der Waals surface area (Å²) in [5.74, 6) is -0.186. The zero-order valence-electron chi connectivity index (χ0n) is 48.6. The number of allylic oxidation sites excluding steroid dienone is 5. The van der Waals surface area contributed by atoms with Crippen molar-refractivity contribution in [3.63, 3.8) is 0 Å². The molecule has 7 atom stereocenters. The normalized spacial score (nSPS) is 19.1. The molecule has 9 nitrogen and oxygen atoms in total. The van der Waals surface area contributed by atoms with Crippen molar-refractivity contribution in [1.82, 2.24) is 5.32 Å². The van der Waals surface area contributed by atoms with Gasteiger partial charge in [-0.1, -0.05) is 301 Å². The van der Waals surface area contributed by atoms with E-state index < -0.39 is 49.5 Å². The van der Waals surface area contributed by atoms with Crippen molar-refractivity contribution < 1.29 is 39.8 Å². The van der Waals surface area contributed by atoms with Gasteiger partial charge >= 0.3 is 0 Å². The van der Waals surface area contributed by atoms with E-state index in [4.69, 9.17) is 9.47 Å². The Hall–Kier alpha value is -1.59. The van der Waals surface area contributed by atoms with Crippen LogP contribution in [0.15, 0.2) is 36.5 Å². The molecule has 1 fully saturated rings. The minimum atomic E-state index is -1.57. The quantitative estimate of drug-likeness (QED) is 0.0261. The van der Waals surface area contributed by atoms with Crippen LogP contribution in [0.4, 0.5) is 0 Å². The Morgan fingerprint density at radius 2 is 0.770 bits per heavy atom. The van der Waals surface area contributed by atoms with Crippen LogP contribution in [0.1, 0.15) is 316 Å². The van der Waals surface area contributed by atoms with E-state index in [0.29, 0.717) is 6.42 Å². The molecule has 1 aliphatic rings. The van der Waals surface area contributed by atoms with E-state index in [1.165, 1.54) is 244 Å². The van der Waals surface area contributed by atoms with Crippen LogP contribution in [0.2, 0.25) is 0 Å². The molecule has 7 unspecified atom stereocenters. The Kier molecular flexibility index (Phi) is 52.1. The summed E-state index contributed by atoms with van der Waals surface area (Å²) in [5.41, 5.74) is 0. The Bertz CT molecular complexity index is 1260. The maximum atomic E-state index is 13.0. The van der Waals surface area contributed by atoms with Gasteiger partial charge in [-0.05, 0) is 44.9 Å². The summed E-state index contributed by atoms with van der Waals surface area (Å²) in [6, 6.07) is -0.825. The Morgan fingerprint density at radius 1 is 0.446 bits per heavy atom. The van der Waals surface area contributed by atoms with E-state index in [-0.39, 0.29) is 12.5 Å². The molecule has 0 aromatic heterocycles. The van der Waals surface area contributed by atoms with Crippen LogP contribution in [0, 0.1) is 0 Å². The Balaban J connectivity index is 2.03. The first-order valence-electron chi connectivity index (χ1n) is 32.2. The van der Waals surface area contributed by atoms with Crippen LogP contribution in [-0.2, 0) is 14.3 Å². The summed E-state index contributed by atoms with van der Waals surface area (Å²) in [4.78, 5) is 13.0. The number of aliphatic hydroxyl groups excluding tert-OH is 5. The van der Waals surface area contributed by atoms with Gasteiger partial charge in [0.25, 0.3) is 0 Å². The van der Waals surface area contributed by atoms with Gasteiger partial charge < -0.3 is 40.3 Å². The maximum absolute atomic E-state index is 13.0. The van der Waals surface area contributed by atoms with Gasteiger partial charge in [-0.3, -0.25) is 4.79 Å². The van der Waals surface area contributed by atoms with Crippen LogP contribution in [0.3, 0.4) is 0 Å². The predicted octanol–water partition coefficient (Wildman–Crippen LogP) is 16.7. The van der Waals surface area contributed by atoms with Gasteiger partial charge in [0.05, 0.1) is 25.4 Å². The topological polar surface area (TPSA) is 149 Å². The van der Waals surface area contributed by atoms with E-state index in [2.05, 4.69) is 43.5 Å². The van der Waals surface area contributed by atoms with E-state index in [1.54, 1.807) is 6.08 Å². The summed E-state index contributed by atoms with van der Waals surface area (Å²) in [5, 5.41) is 54.4. The first kappa shape index (κ1) is 70.4. The fraction of sp³-hybridized carbons (Fsp3) is 0.892. The maximum Gasteiger partial charge on any atom is 0.220 e. The highest BCUT2D eigenvalue weighted by molar-refractivity contribution is 5.76. The van der Waals surface area contributed by atoms with Crippen molar-refractivity contribution in [2.75, 3.05) is 13.2 Å². The first-order valence-corrected chi connectivity index (χ1v) is 32.2. The molecule has 1 aliphatic heterocycles. The number of hydrogen-bond acceptors (Lipinski definition) is 8. The van der Waals surface area contributed by atoms with Crippen molar-refractivity contribution in [2.45, 2.75) is 358 Å². The number of nitrogens with one attached hydrogen (secondary N) is 1. The zero-order valence-corrected chi connectivity index (χ0v) is 48.6. The average Bonchev–Trinajstić information content (AvgIpc) is 3.40. The number of unbranched alkanes of at least 4 members (excludes halogenated alkanes) is 42. The molecular formula is C65H123NO8. The lowest BCUT2D eigenvalue weighted by molar-refractivity contribution is -0.302. The monoisotopic (exact) mass is 1050 g/mol. The van der Waals surface area contributed by atoms with Crippen LogP contribution in [0.25, 0.3) is 0 Å². The lowest BCUT2D eigenvalue weighted by Crippen LogP contribution is -2.60. The molecule has 1 rings (SSSR count). The van der Waals surface area contributed by atoms with E-state index in [9.17, 15) is 30.3 Å². The van der Waals surface area contributed by atoms with Crippen molar-refractivity contribution in [1.29, 1.82) is 0 Å². The highest BCUT2D eigenvalue weighted by Crippen LogP contribution is 2.23. The summed E-state index contributed by atoms with van der Waals surface area (Å²) >= 11 is 0. The number of carbonyl (C=O) groups is 1. The number of hydrogen-bond donors (Lipinski definition) is 6. The van der Waals surface area contributed by atoms with Crippen molar-refractivity contribution >= 4 is 5.91 Å². The predicted molar refractivity (Wildman–Crippen MR) is 313 cm³/mol. The van der Waals surface area contributed by atoms with Gasteiger partial charge in [-0.2, -0.15) is 0 Å². The SMILES string of the molecule is CCCCC/C=C/CC/C=C/CC/C=C/C(O)C(COC1OC(CO)C(O)C(O)C1O)NC(=O)CCCCCCCCCCCCCCCCCCCCCCCCCCCCCCCCCCCCCCCC.